The molecule has 0 spiro atoms. The van der Waals surface area contributed by atoms with Crippen LogP contribution in [0.1, 0.15) is 12.5 Å². The van der Waals surface area contributed by atoms with Gasteiger partial charge in [0.1, 0.15) is 0 Å². The van der Waals surface area contributed by atoms with Gasteiger partial charge in [0.2, 0.25) is 5.16 Å². The average Bonchev–Trinajstić information content (AvgIpc) is 2.71. The SMILES string of the molecule is CC(I)(Sc1nn[nH]n1)c1ccccc1. The number of benzene rings is 1. The van der Waals surface area contributed by atoms with Crippen molar-refractivity contribution < 1.29 is 0 Å². The lowest BCUT2D eigenvalue weighted by molar-refractivity contribution is 0.881. The average molecular weight is 332 g/mol. The number of nitrogens with zero attached hydrogens (tertiary/aromatic N) is 3. The summed E-state index contributed by atoms with van der Waals surface area (Å²) in [5.41, 5.74) is 1.24. The van der Waals surface area contributed by atoms with Crippen LogP contribution in [0.3, 0.4) is 0 Å². The molecule has 1 aromatic heterocycles. The summed E-state index contributed by atoms with van der Waals surface area (Å²) in [7, 11) is 0. The van der Waals surface area contributed by atoms with E-state index in [0.717, 1.165) is 0 Å². The number of aromatic nitrogens is 4. The fourth-order valence-electron chi connectivity index (χ4n) is 1.16. The molecule has 2 rings (SSSR count). The molecule has 0 saturated heterocycles. The summed E-state index contributed by atoms with van der Waals surface area (Å²) in [5, 5.41) is 14.5. The van der Waals surface area contributed by atoms with Crippen LogP contribution in [-0.4, -0.2) is 20.6 Å². The Kier molecular flexibility index (Phi) is 3.25. The van der Waals surface area contributed by atoms with E-state index in [0.29, 0.717) is 5.16 Å². The molecule has 0 bridgehead atoms. The van der Waals surface area contributed by atoms with Crippen LogP contribution in [0.2, 0.25) is 0 Å². The standard InChI is InChI=1S/C9H9IN4S/c1-9(10,7-5-3-2-4-6-7)15-8-11-13-14-12-8/h2-6H,1H3,(H,11,12,13,14). The molecule has 15 heavy (non-hydrogen) atoms. The molecule has 0 aliphatic rings. The molecule has 0 fully saturated rings. The molecule has 0 aliphatic heterocycles. The maximum atomic E-state index is 3.94. The highest BCUT2D eigenvalue weighted by Crippen LogP contribution is 2.45. The molecule has 0 saturated carbocycles. The van der Waals surface area contributed by atoms with Gasteiger partial charge in [-0.1, -0.05) is 64.7 Å². The summed E-state index contributed by atoms with van der Waals surface area (Å²) < 4.78 is -0.0805. The molecular formula is C9H9IN4S. The number of rotatable bonds is 3. The summed E-state index contributed by atoms with van der Waals surface area (Å²) in [6, 6.07) is 10.3. The Bertz CT molecular complexity index is 415. The van der Waals surface area contributed by atoms with Gasteiger partial charge in [0.15, 0.2) is 0 Å². The van der Waals surface area contributed by atoms with Crippen LogP contribution in [-0.2, 0) is 2.75 Å². The van der Waals surface area contributed by atoms with Gasteiger partial charge in [-0.25, -0.2) is 0 Å². The quantitative estimate of drug-likeness (QED) is 0.533. The smallest absolute Gasteiger partial charge is 0.176 e. The first-order valence-corrected chi connectivity index (χ1v) is 6.25. The minimum atomic E-state index is -0.0805. The van der Waals surface area contributed by atoms with E-state index in [4.69, 9.17) is 0 Å². The van der Waals surface area contributed by atoms with E-state index in [9.17, 15) is 0 Å². The second-order valence-electron chi connectivity index (χ2n) is 3.08. The summed E-state index contributed by atoms with van der Waals surface area (Å²) in [6.45, 7) is 2.13. The zero-order chi connectivity index (χ0) is 10.7. The molecule has 0 radical (unpaired) electrons. The number of nitrogens with one attached hydrogen (secondary N) is 1. The van der Waals surface area contributed by atoms with E-state index in [1.54, 1.807) is 11.8 Å². The topological polar surface area (TPSA) is 54.5 Å². The maximum Gasteiger partial charge on any atom is 0.232 e. The van der Waals surface area contributed by atoms with Crippen molar-refractivity contribution in [2.45, 2.75) is 14.8 Å². The molecule has 4 nitrogen and oxygen atoms in total. The first kappa shape index (κ1) is 10.9. The zero-order valence-electron chi connectivity index (χ0n) is 8.01. The maximum absolute atomic E-state index is 3.94. The van der Waals surface area contributed by atoms with Crippen LogP contribution in [0.25, 0.3) is 0 Å². The third-order valence-corrected chi connectivity index (χ3v) is 4.16. The highest BCUT2D eigenvalue weighted by molar-refractivity contribution is 14.1. The van der Waals surface area contributed by atoms with E-state index in [1.165, 1.54) is 5.56 Å². The van der Waals surface area contributed by atoms with Crippen LogP contribution in [0.15, 0.2) is 35.5 Å². The Morgan fingerprint density at radius 3 is 2.67 bits per heavy atom. The van der Waals surface area contributed by atoms with Crippen molar-refractivity contribution in [1.82, 2.24) is 20.6 Å². The summed E-state index contributed by atoms with van der Waals surface area (Å²) in [6.07, 6.45) is 0. The highest BCUT2D eigenvalue weighted by Gasteiger charge is 2.25. The largest absolute Gasteiger partial charge is 0.232 e. The second kappa shape index (κ2) is 4.48. The predicted molar refractivity (Wildman–Crippen MR) is 67.8 cm³/mol. The minimum absolute atomic E-state index is 0.0805. The minimum Gasteiger partial charge on any atom is -0.176 e. The van der Waals surface area contributed by atoms with Gasteiger partial charge in [0.25, 0.3) is 0 Å². The molecule has 6 heteroatoms. The van der Waals surface area contributed by atoms with Gasteiger partial charge in [0, 0.05) is 0 Å². The number of aromatic amines is 1. The van der Waals surface area contributed by atoms with Crippen LogP contribution < -0.4 is 0 Å². The molecule has 78 valence electrons. The number of alkyl halides is 1. The number of H-pyrrole nitrogens is 1. The molecule has 0 aliphatic carbocycles. The van der Waals surface area contributed by atoms with E-state index < -0.39 is 0 Å². The second-order valence-corrected chi connectivity index (χ2v) is 7.35. The fourth-order valence-corrected chi connectivity index (χ4v) is 2.88. The Labute approximate surface area is 105 Å². The van der Waals surface area contributed by atoms with Gasteiger partial charge in [-0.3, -0.25) is 0 Å². The van der Waals surface area contributed by atoms with Crippen LogP contribution in [0.5, 0.6) is 0 Å². The number of tetrazole rings is 1. The summed E-state index contributed by atoms with van der Waals surface area (Å²) >= 11 is 3.96. The molecule has 2 aromatic rings. The molecule has 1 atom stereocenters. The highest BCUT2D eigenvalue weighted by atomic mass is 127. The summed E-state index contributed by atoms with van der Waals surface area (Å²) in [4.78, 5) is 0. The molecule has 1 aromatic carbocycles. The zero-order valence-corrected chi connectivity index (χ0v) is 11.0. The van der Waals surface area contributed by atoms with Gasteiger partial charge in [-0.05, 0) is 17.7 Å². The first-order chi connectivity index (χ1) is 7.18. The number of thioether (sulfide) groups is 1. The van der Waals surface area contributed by atoms with Crippen molar-refractivity contribution >= 4 is 34.4 Å². The normalized spacial score (nSPS) is 14.8. The third-order valence-electron chi connectivity index (χ3n) is 1.90. The lowest BCUT2D eigenvalue weighted by Gasteiger charge is -2.20. The molecule has 1 heterocycles. The van der Waals surface area contributed by atoms with Crippen molar-refractivity contribution in [3.8, 4) is 0 Å². The van der Waals surface area contributed by atoms with Crippen molar-refractivity contribution in [3.63, 3.8) is 0 Å². The van der Waals surface area contributed by atoms with E-state index in [2.05, 4.69) is 62.3 Å². The van der Waals surface area contributed by atoms with Crippen LogP contribution in [0, 0.1) is 0 Å². The van der Waals surface area contributed by atoms with Gasteiger partial charge >= 0.3 is 0 Å². The third kappa shape index (κ3) is 2.69. The van der Waals surface area contributed by atoms with Gasteiger partial charge in [0.05, 0.1) is 2.75 Å². The Morgan fingerprint density at radius 1 is 1.33 bits per heavy atom. The van der Waals surface area contributed by atoms with Gasteiger partial charge in [-0.2, -0.15) is 5.21 Å². The van der Waals surface area contributed by atoms with Crippen molar-refractivity contribution in [3.05, 3.63) is 35.9 Å². The van der Waals surface area contributed by atoms with Crippen molar-refractivity contribution in [2.75, 3.05) is 0 Å². The monoisotopic (exact) mass is 332 g/mol. The van der Waals surface area contributed by atoms with E-state index in [1.807, 2.05) is 18.2 Å². The fraction of sp³-hybridized carbons (Fsp3) is 0.222. The lowest BCUT2D eigenvalue weighted by Crippen LogP contribution is -2.07. The Hall–Kier alpha value is -0.630. The van der Waals surface area contributed by atoms with Gasteiger partial charge < -0.3 is 0 Å². The van der Waals surface area contributed by atoms with Crippen molar-refractivity contribution in [2.24, 2.45) is 0 Å². The number of hydrogen-bond donors (Lipinski definition) is 1. The van der Waals surface area contributed by atoms with Crippen molar-refractivity contribution in [1.29, 1.82) is 0 Å². The van der Waals surface area contributed by atoms with Crippen LogP contribution >= 0.6 is 34.4 Å². The number of hydrogen-bond acceptors (Lipinski definition) is 4. The van der Waals surface area contributed by atoms with Gasteiger partial charge in [-0.15, -0.1) is 10.2 Å². The summed E-state index contributed by atoms with van der Waals surface area (Å²) in [5.74, 6) is 0. The lowest BCUT2D eigenvalue weighted by atomic mass is 10.2. The molecule has 1 unspecified atom stereocenters. The van der Waals surface area contributed by atoms with E-state index >= 15 is 0 Å². The van der Waals surface area contributed by atoms with E-state index in [-0.39, 0.29) is 2.75 Å². The molecule has 1 N–H and O–H groups in total. The Morgan fingerprint density at radius 2 is 2.07 bits per heavy atom. The Balaban J connectivity index is 2.20. The van der Waals surface area contributed by atoms with Crippen LogP contribution in [0.4, 0.5) is 0 Å². The number of halogens is 1. The first-order valence-electron chi connectivity index (χ1n) is 4.35. The predicted octanol–water partition coefficient (Wildman–Crippen LogP) is 2.60. The molecule has 0 amide bonds. The molecular weight excluding hydrogens is 323 g/mol.